The van der Waals surface area contributed by atoms with Crippen LogP contribution >= 0.6 is 11.6 Å². The van der Waals surface area contributed by atoms with E-state index in [1.807, 2.05) is 0 Å². The van der Waals surface area contributed by atoms with Crippen LogP contribution in [0, 0.1) is 0 Å². The van der Waals surface area contributed by atoms with Crippen molar-refractivity contribution in [1.82, 2.24) is 0 Å². The third kappa shape index (κ3) is 5.58. The molecule has 0 aliphatic rings. The zero-order valence-corrected chi connectivity index (χ0v) is 14.4. The molecule has 0 amide bonds. The molecule has 1 aromatic carbocycles. The molecule has 0 aromatic heterocycles. The molecule has 0 spiro atoms. The van der Waals surface area contributed by atoms with Gasteiger partial charge in [0.1, 0.15) is 0 Å². The molecule has 0 saturated carbocycles. The molecule has 0 fully saturated rings. The van der Waals surface area contributed by atoms with Gasteiger partial charge in [0, 0.05) is 17.9 Å². The Bertz CT molecular complexity index is 696. The van der Waals surface area contributed by atoms with Crippen LogP contribution in [0.4, 0.5) is 0 Å². The molecule has 0 radical (unpaired) electrons. The first kappa shape index (κ1) is 20.7. The van der Waals surface area contributed by atoms with E-state index < -0.39 is 29.6 Å². The average Bonchev–Trinajstić information content (AvgIpc) is 2.54. The van der Waals surface area contributed by atoms with Crippen molar-refractivity contribution in [3.63, 3.8) is 0 Å². The number of aromatic carboxylic acids is 2. The van der Waals surface area contributed by atoms with Gasteiger partial charge in [0.15, 0.2) is 0 Å². The van der Waals surface area contributed by atoms with Gasteiger partial charge >= 0.3 is 17.9 Å². The van der Waals surface area contributed by atoms with Crippen LogP contribution in [-0.2, 0) is 22.4 Å². The molecule has 7 nitrogen and oxygen atoms in total. The highest BCUT2D eigenvalue weighted by molar-refractivity contribution is 6.18. The molecule has 1 atom stereocenters. The normalized spacial score (nSPS) is 11.6. The van der Waals surface area contributed by atoms with Crippen molar-refractivity contribution in [2.45, 2.75) is 25.9 Å². The van der Waals surface area contributed by atoms with E-state index in [-0.39, 0.29) is 42.0 Å². The van der Waals surface area contributed by atoms with Crippen LogP contribution in [0.1, 0.15) is 38.8 Å². The molecule has 3 N–H and O–H groups in total. The van der Waals surface area contributed by atoms with Crippen LogP contribution in [0.3, 0.4) is 0 Å². The van der Waals surface area contributed by atoms with Crippen LogP contribution in [0.2, 0.25) is 0 Å². The Morgan fingerprint density at radius 2 is 1.88 bits per heavy atom. The summed E-state index contributed by atoms with van der Waals surface area (Å²) in [4.78, 5) is 34.3. The van der Waals surface area contributed by atoms with E-state index >= 15 is 0 Å². The predicted octanol–water partition coefficient (Wildman–Crippen LogP) is 1.89. The van der Waals surface area contributed by atoms with E-state index in [0.29, 0.717) is 5.56 Å². The summed E-state index contributed by atoms with van der Waals surface area (Å²) in [5.74, 6) is -3.50. The minimum Gasteiger partial charge on any atom is -0.478 e. The predicted molar refractivity (Wildman–Crippen MR) is 90.3 cm³/mol. The van der Waals surface area contributed by atoms with Crippen LogP contribution in [-0.4, -0.2) is 51.8 Å². The van der Waals surface area contributed by atoms with Crippen molar-refractivity contribution < 1.29 is 34.4 Å². The van der Waals surface area contributed by atoms with Crippen molar-refractivity contribution in [2.75, 3.05) is 12.5 Å². The average molecular weight is 371 g/mol. The van der Waals surface area contributed by atoms with E-state index in [4.69, 9.17) is 16.3 Å². The first-order valence-corrected chi connectivity index (χ1v) is 7.90. The van der Waals surface area contributed by atoms with Gasteiger partial charge in [0.05, 0.1) is 23.8 Å². The fraction of sp³-hybridized carbons (Fsp3) is 0.353. The number of carbonyl (C=O) groups excluding carboxylic acids is 1. The van der Waals surface area contributed by atoms with Gasteiger partial charge < -0.3 is 20.1 Å². The summed E-state index contributed by atoms with van der Waals surface area (Å²) in [6, 6.07) is 2.60. The van der Waals surface area contributed by atoms with Crippen LogP contribution < -0.4 is 0 Å². The largest absolute Gasteiger partial charge is 0.478 e. The second-order valence-corrected chi connectivity index (χ2v) is 5.72. The molecular formula is C17H19ClO7. The fourth-order valence-corrected chi connectivity index (χ4v) is 2.38. The lowest BCUT2D eigenvalue weighted by Crippen LogP contribution is -2.19. The van der Waals surface area contributed by atoms with Gasteiger partial charge in [0.25, 0.3) is 0 Å². The van der Waals surface area contributed by atoms with E-state index in [0.717, 1.165) is 0 Å². The first-order chi connectivity index (χ1) is 11.7. The lowest BCUT2D eigenvalue weighted by molar-refractivity contribution is -0.138. The van der Waals surface area contributed by atoms with Crippen molar-refractivity contribution in [3.05, 3.63) is 46.5 Å². The Morgan fingerprint density at radius 3 is 2.36 bits per heavy atom. The molecule has 0 heterocycles. The summed E-state index contributed by atoms with van der Waals surface area (Å²) in [5.41, 5.74) is 0.0412. The van der Waals surface area contributed by atoms with Gasteiger partial charge in [-0.05, 0) is 30.5 Å². The highest BCUT2D eigenvalue weighted by Gasteiger charge is 2.24. The zero-order valence-electron chi connectivity index (χ0n) is 13.6. The number of carboxylic acids is 2. The number of aliphatic hydroxyl groups excluding tert-OH is 1. The second kappa shape index (κ2) is 9.19. The summed E-state index contributed by atoms with van der Waals surface area (Å²) in [7, 11) is 0. The number of carboxylic acid groups (broad SMARTS) is 2. The van der Waals surface area contributed by atoms with Crippen LogP contribution in [0.25, 0.3) is 0 Å². The monoisotopic (exact) mass is 370 g/mol. The van der Waals surface area contributed by atoms with Gasteiger partial charge in [-0.2, -0.15) is 0 Å². The number of rotatable bonds is 9. The zero-order chi connectivity index (χ0) is 19.1. The van der Waals surface area contributed by atoms with Crippen molar-refractivity contribution in [1.29, 1.82) is 0 Å². The third-order valence-electron chi connectivity index (χ3n) is 3.42. The third-order valence-corrected chi connectivity index (χ3v) is 3.78. The van der Waals surface area contributed by atoms with E-state index in [1.54, 1.807) is 0 Å². The number of hydrogen-bond acceptors (Lipinski definition) is 5. The Hall–Kier alpha value is -2.38. The first-order valence-electron chi connectivity index (χ1n) is 7.37. The highest BCUT2D eigenvalue weighted by atomic mass is 35.5. The molecule has 1 aromatic rings. The topological polar surface area (TPSA) is 121 Å². The Kier molecular flexibility index (Phi) is 7.60. The standard InChI is InChI=1S/C17H19ClO7/c1-9(2)17(24)25-6-5-12-10(7-11(19)8-18)3-4-13(15(20)21)14(12)16(22)23/h3-4,11,19H,1,5-8H2,2H3,(H,20,21)(H,22,23). The van der Waals surface area contributed by atoms with Gasteiger partial charge in [-0.25, -0.2) is 14.4 Å². The smallest absolute Gasteiger partial charge is 0.336 e. The van der Waals surface area contributed by atoms with Gasteiger partial charge in [-0.1, -0.05) is 12.6 Å². The maximum atomic E-state index is 11.6. The number of alkyl halides is 1. The quantitative estimate of drug-likeness (QED) is 0.344. The number of aliphatic hydroxyl groups is 1. The molecule has 0 aliphatic heterocycles. The van der Waals surface area contributed by atoms with E-state index in [9.17, 15) is 29.7 Å². The number of ether oxygens (including phenoxy) is 1. The molecule has 0 bridgehead atoms. The molecule has 1 rings (SSSR count). The molecule has 136 valence electrons. The molecule has 0 aliphatic carbocycles. The number of halogens is 1. The Labute approximate surface area is 149 Å². The minimum absolute atomic E-state index is 0.0217. The van der Waals surface area contributed by atoms with Crippen molar-refractivity contribution in [3.8, 4) is 0 Å². The number of benzene rings is 1. The number of carbonyl (C=O) groups is 3. The lowest BCUT2D eigenvalue weighted by atomic mass is 9.91. The maximum Gasteiger partial charge on any atom is 0.336 e. The van der Waals surface area contributed by atoms with Crippen LogP contribution in [0.15, 0.2) is 24.3 Å². The van der Waals surface area contributed by atoms with E-state index in [1.165, 1.54) is 19.1 Å². The molecule has 0 saturated heterocycles. The molecule has 8 heteroatoms. The highest BCUT2D eigenvalue weighted by Crippen LogP contribution is 2.23. The lowest BCUT2D eigenvalue weighted by Gasteiger charge is -2.17. The molecular weight excluding hydrogens is 352 g/mol. The van der Waals surface area contributed by atoms with E-state index in [2.05, 4.69) is 6.58 Å². The summed E-state index contributed by atoms with van der Waals surface area (Å²) >= 11 is 5.58. The van der Waals surface area contributed by atoms with Crippen molar-refractivity contribution >= 4 is 29.5 Å². The van der Waals surface area contributed by atoms with Crippen molar-refractivity contribution in [2.24, 2.45) is 0 Å². The van der Waals surface area contributed by atoms with Gasteiger partial charge in [-0.3, -0.25) is 0 Å². The summed E-state index contributed by atoms with van der Waals surface area (Å²) in [6.45, 7) is 4.75. The molecule has 1 unspecified atom stereocenters. The van der Waals surface area contributed by atoms with Crippen LogP contribution in [0.5, 0.6) is 0 Å². The Balaban J connectivity index is 3.27. The second-order valence-electron chi connectivity index (χ2n) is 5.41. The number of hydrogen-bond donors (Lipinski definition) is 3. The summed E-state index contributed by atoms with van der Waals surface area (Å²) < 4.78 is 4.96. The van der Waals surface area contributed by atoms with Gasteiger partial charge in [0.2, 0.25) is 0 Å². The fourth-order valence-electron chi connectivity index (χ4n) is 2.27. The molecule has 25 heavy (non-hydrogen) atoms. The minimum atomic E-state index is -1.42. The van der Waals surface area contributed by atoms with Gasteiger partial charge in [-0.15, -0.1) is 11.6 Å². The summed E-state index contributed by atoms with van der Waals surface area (Å²) in [6.07, 6.45) is -0.893. The SMILES string of the molecule is C=C(C)C(=O)OCCc1c(CC(O)CCl)ccc(C(=O)O)c1C(=O)O. The summed E-state index contributed by atoms with van der Waals surface area (Å²) in [5, 5.41) is 28.4. The number of esters is 1. The Morgan fingerprint density at radius 1 is 1.24 bits per heavy atom. The maximum absolute atomic E-state index is 11.6.